The van der Waals surface area contributed by atoms with Gasteiger partial charge in [-0.15, -0.1) is 0 Å². The Bertz CT molecular complexity index is 7400. The molecule has 1 aliphatic heterocycles. The van der Waals surface area contributed by atoms with Crippen LogP contribution in [0.3, 0.4) is 0 Å². The Labute approximate surface area is 784 Å². The lowest BCUT2D eigenvalue weighted by Gasteiger charge is -2.18. The number of nitrogen functional groups attached to an aromatic ring is 1. The monoisotopic (exact) mass is 1920 g/mol. The van der Waals surface area contributed by atoms with Gasteiger partial charge in [-0.3, -0.25) is 38.9 Å². The number of hydrogen-bond acceptors (Lipinski definition) is 27. The van der Waals surface area contributed by atoms with E-state index in [9.17, 15) is 62.4 Å². The van der Waals surface area contributed by atoms with Crippen molar-refractivity contribution in [3.05, 3.63) is 301 Å². The predicted octanol–water partition coefficient (Wildman–Crippen LogP) is 16.0. The molecule has 2 fully saturated rings. The number of aryl methyl sites for hydroxylation is 3. The number of ether oxygens (including phenoxy) is 1. The molecule has 8 N–H and O–H groups in total. The minimum atomic E-state index is -4.15. The van der Waals surface area contributed by atoms with E-state index in [-0.39, 0.29) is 74.0 Å². The maximum atomic E-state index is 14.4. The number of para-hydroxylation sites is 1. The number of nitrogens with two attached hydrogens (primary N) is 1. The highest BCUT2D eigenvalue weighted by atomic mass is 35.5. The minimum absolute atomic E-state index is 0.0379. The van der Waals surface area contributed by atoms with Crippen molar-refractivity contribution in [2.75, 3.05) is 43.8 Å². The summed E-state index contributed by atoms with van der Waals surface area (Å²) in [6, 6.07) is 42.2. The third kappa shape index (κ3) is 26.4. The number of sulfonamides is 1. The van der Waals surface area contributed by atoms with Crippen molar-refractivity contribution >= 4 is 123 Å². The number of rotatable bonds is 24. The molecular formula is C95H88ClF3N22O12S3. The number of halogens is 4. The molecule has 696 valence electrons. The molecule has 0 spiro atoms. The van der Waals surface area contributed by atoms with Crippen LogP contribution in [0.1, 0.15) is 100 Å². The molecule has 0 bridgehead atoms. The molecule has 3 aromatic carbocycles. The number of sulfone groups is 2. The first-order valence-electron chi connectivity index (χ1n) is 41.8. The Morgan fingerprint density at radius 3 is 1.61 bits per heavy atom. The fourth-order valence-electron chi connectivity index (χ4n) is 13.7. The van der Waals surface area contributed by atoms with Gasteiger partial charge in [-0.25, -0.2) is 92.5 Å². The summed E-state index contributed by atoms with van der Waals surface area (Å²) in [4.78, 5) is 108. The average molecular weight is 1920 g/mol. The molecule has 136 heavy (non-hydrogen) atoms. The van der Waals surface area contributed by atoms with Gasteiger partial charge in [0.25, 0.3) is 0 Å². The van der Waals surface area contributed by atoms with E-state index in [0.717, 1.165) is 70.3 Å². The number of carbonyl (C=O) groups excluding carboxylic acids is 5. The van der Waals surface area contributed by atoms with Crippen LogP contribution in [0.4, 0.5) is 59.6 Å². The molecule has 13 heterocycles. The first-order valence-corrected chi connectivity index (χ1v) is 47.0. The van der Waals surface area contributed by atoms with E-state index in [1.165, 1.54) is 76.1 Å². The number of benzene rings is 3. The van der Waals surface area contributed by atoms with E-state index < -0.39 is 57.8 Å². The lowest BCUT2D eigenvalue weighted by Crippen LogP contribution is -2.25. The van der Waals surface area contributed by atoms with Gasteiger partial charge in [-0.2, -0.15) is 5.10 Å². The highest BCUT2D eigenvalue weighted by Crippen LogP contribution is 2.36. The number of amides is 5. The number of fused-ring (bicyclic) bond motifs is 1. The number of carbonyl (C=O) groups is 5. The molecule has 15 aromatic rings. The van der Waals surface area contributed by atoms with Crippen LogP contribution in [-0.4, -0.2) is 137 Å². The molecule has 34 nitrogen and oxygen atoms in total. The van der Waals surface area contributed by atoms with Gasteiger partial charge in [0.2, 0.25) is 39.6 Å². The zero-order valence-electron chi connectivity index (χ0n) is 74.1. The average Bonchev–Trinajstić information content (AvgIpc) is 1.44. The molecule has 1 atom stereocenters. The van der Waals surface area contributed by atoms with Crippen LogP contribution < -0.4 is 46.7 Å². The summed E-state index contributed by atoms with van der Waals surface area (Å²) in [7, 11) is -11.6. The van der Waals surface area contributed by atoms with E-state index >= 15 is 0 Å². The summed E-state index contributed by atoms with van der Waals surface area (Å²) in [5.74, 6) is 0.0350. The zero-order chi connectivity index (χ0) is 97.1. The van der Waals surface area contributed by atoms with Crippen molar-refractivity contribution in [3.63, 3.8) is 0 Å². The summed E-state index contributed by atoms with van der Waals surface area (Å²) >= 11 is 6.21. The molecule has 1 aliphatic carbocycles. The van der Waals surface area contributed by atoms with Crippen LogP contribution in [0.2, 0.25) is 5.02 Å². The molecular weight excluding hydrogens is 1830 g/mol. The van der Waals surface area contributed by atoms with Crippen molar-refractivity contribution in [1.29, 1.82) is 0 Å². The van der Waals surface area contributed by atoms with Gasteiger partial charge in [-0.05, 0) is 213 Å². The fourth-order valence-corrected chi connectivity index (χ4v) is 18.1. The van der Waals surface area contributed by atoms with Gasteiger partial charge in [0.05, 0.1) is 22.2 Å². The minimum Gasteiger partial charge on any atom is -0.484 e. The first-order chi connectivity index (χ1) is 65.0. The van der Waals surface area contributed by atoms with Gasteiger partial charge in [0.15, 0.2) is 25.3 Å². The first kappa shape index (κ1) is 97.9. The second-order valence-corrected chi connectivity index (χ2v) is 37.0. The topological polar surface area (TPSA) is 470 Å². The molecule has 1 unspecified atom stereocenters. The fraction of sp³-hybridized carbons (Fsp3) is 0.179. The third-order valence-electron chi connectivity index (χ3n) is 20.3. The SMILES string of the molecule is CC(=O)Nc1cc(-c2cc(CS(=O)(=O)c3ccc(F)cc3F)c3ncnn3c2)ccn1.CC(=O)Nc1cc(-c2cnc(C)c(CS(=O)(=O)c3cccc(C)c3F)c2)ccn1.CC(=O)Nc1cc(-c2cnc(N)c(N3CCCC3=O)c2)ccn1.CC(=O)Nc1cc(-c2cncc(S(=O)(=O)NC3CC3)c2)ccn1.Cc1nccc(Nc2cc(-c3cncc(C(C)Oc4ccccc4Cl)c3)ccn2)n1. The van der Waals surface area contributed by atoms with Gasteiger partial charge in [0.1, 0.15) is 96.9 Å². The van der Waals surface area contributed by atoms with E-state index in [0.29, 0.717) is 116 Å². The van der Waals surface area contributed by atoms with Crippen LogP contribution in [0.15, 0.2) is 259 Å². The van der Waals surface area contributed by atoms with Gasteiger partial charge >= 0.3 is 0 Å². The lowest BCUT2D eigenvalue weighted by atomic mass is 10.1. The molecule has 1 saturated heterocycles. The Morgan fingerprint density at radius 1 is 0.522 bits per heavy atom. The summed E-state index contributed by atoms with van der Waals surface area (Å²) < 4.78 is 128. The molecule has 5 amide bonds. The maximum Gasteiger partial charge on any atom is 0.242 e. The highest BCUT2D eigenvalue weighted by Gasteiger charge is 2.30. The second-order valence-electron chi connectivity index (χ2n) is 31.0. The van der Waals surface area contributed by atoms with Crippen molar-refractivity contribution < 1.29 is 67.1 Å². The lowest BCUT2D eigenvalue weighted by molar-refractivity contribution is -0.117. The molecule has 0 radical (unpaired) electrons. The van der Waals surface area contributed by atoms with Crippen LogP contribution >= 0.6 is 11.6 Å². The van der Waals surface area contributed by atoms with E-state index in [2.05, 4.69) is 102 Å². The van der Waals surface area contributed by atoms with Crippen molar-refractivity contribution in [3.8, 4) is 61.4 Å². The molecule has 12 aromatic heterocycles. The summed E-state index contributed by atoms with van der Waals surface area (Å²) in [6.45, 7) is 13.3. The highest BCUT2D eigenvalue weighted by molar-refractivity contribution is 7.91. The largest absolute Gasteiger partial charge is 0.484 e. The summed E-state index contributed by atoms with van der Waals surface area (Å²) in [6.07, 6.45) is 25.2. The number of anilines is 8. The van der Waals surface area contributed by atoms with Crippen molar-refractivity contribution in [2.45, 2.75) is 119 Å². The number of hydrogen-bond donors (Lipinski definition) is 7. The number of nitrogens with one attached hydrogen (secondary N) is 6. The molecule has 41 heteroatoms. The maximum absolute atomic E-state index is 14.4. The van der Waals surface area contributed by atoms with E-state index in [1.54, 1.807) is 141 Å². The van der Waals surface area contributed by atoms with Gasteiger partial charge < -0.3 is 42.0 Å². The quantitative estimate of drug-likeness (QED) is 0.0276. The smallest absolute Gasteiger partial charge is 0.242 e. The molecule has 17 rings (SSSR count). The van der Waals surface area contributed by atoms with Crippen LogP contribution in [-0.2, 0) is 65.2 Å². The van der Waals surface area contributed by atoms with Gasteiger partial charge in [-0.1, -0.05) is 35.9 Å². The summed E-state index contributed by atoms with van der Waals surface area (Å²) in [5, 5.41) is 18.3. The van der Waals surface area contributed by atoms with Crippen LogP contribution in [0.25, 0.3) is 61.3 Å². The number of nitrogens with zero attached hydrogens (tertiary/aromatic N) is 15. The van der Waals surface area contributed by atoms with Crippen molar-refractivity contribution in [2.24, 2.45) is 0 Å². The Balaban J connectivity index is 0.000000145. The Hall–Kier alpha value is -15.7. The van der Waals surface area contributed by atoms with Crippen molar-refractivity contribution in [1.82, 2.24) is 74.1 Å². The number of aromatic nitrogens is 14. The molecule has 2 aliphatic rings. The normalized spacial score (nSPS) is 12.5. The Kier molecular flexibility index (Phi) is 31.5. The summed E-state index contributed by atoms with van der Waals surface area (Å²) in [5.41, 5.74) is 16.9. The number of pyridine rings is 10. The van der Waals surface area contributed by atoms with Crippen LogP contribution in [0, 0.1) is 38.2 Å². The van der Waals surface area contributed by atoms with Gasteiger partial charge in [0, 0.05) is 178 Å². The van der Waals surface area contributed by atoms with Crippen LogP contribution in [0.5, 0.6) is 5.75 Å². The Morgan fingerprint density at radius 2 is 1.04 bits per heavy atom. The molecule has 1 saturated carbocycles. The second kappa shape index (κ2) is 43.8. The third-order valence-corrected chi connectivity index (χ3v) is 25.5. The predicted molar refractivity (Wildman–Crippen MR) is 507 cm³/mol. The van der Waals surface area contributed by atoms with E-state index in [1.807, 2.05) is 68.6 Å². The zero-order valence-corrected chi connectivity index (χ0v) is 77.3. The standard InChI is InChI=1S/C23H20ClN5O.C21H20FN3O3S.C20H15F2N5O3S.C16H17N5O2.C15H16N4O3S/c1-15(30-21-6-4-3-5-20(21)24)18-11-19(14-25-13-18)17-7-9-27-23(12-17)29-22-8-10-26-16(2)28-22;1-13-5-4-6-19(21(13)22)29(27,28)12-18-9-17(11-24-14(18)2)16-7-8-23-20(10-16)25-15(3)26;1-12(28)26-19-7-13(4-5-23-19)14-6-15(20-24-11-25-27(20)9-14)10-31(29,30)18-3-2-16(21)8-17(18)22;1-10(22)20-14-8-11(4-5-18-14)12-7-13(16(17)19-9-12)21-6-2-3-15(21)23;1-10(20)18-15-7-11(4-5-17-15)12-6-14(9-16-8-12)23(21,22)19-13-2-3-13/h3-15H,1-2H3,(H,26,27,28,29);4-11H,12H2,1-3H3,(H,23,25,26);2-9,11H,10H2,1H3,(H,23,26,28);4-5,7-9H,2-3,6H2,1H3,(H2,17,19)(H,18,20,22);4-9,13,19H,2-3H2,1H3,(H,17,18,20). The van der Waals surface area contributed by atoms with E-state index in [4.69, 9.17) is 22.1 Å².